The Labute approximate surface area is 144 Å². The van der Waals surface area contributed by atoms with E-state index in [0.29, 0.717) is 6.54 Å². The summed E-state index contributed by atoms with van der Waals surface area (Å²) in [5.74, 6) is 5.71. The molecule has 1 aromatic heterocycles. The highest BCUT2D eigenvalue weighted by Crippen LogP contribution is 2.33. The van der Waals surface area contributed by atoms with Gasteiger partial charge in [-0.2, -0.15) is 0 Å². The number of hydrogen-bond acceptors (Lipinski definition) is 4. The van der Waals surface area contributed by atoms with Crippen molar-refractivity contribution in [1.29, 1.82) is 0 Å². The maximum absolute atomic E-state index is 12.4. The Morgan fingerprint density at radius 3 is 2.67 bits per heavy atom. The second kappa shape index (κ2) is 6.82. The molecule has 24 heavy (non-hydrogen) atoms. The summed E-state index contributed by atoms with van der Waals surface area (Å²) in [4.78, 5) is 18.4. The van der Waals surface area contributed by atoms with Crippen molar-refractivity contribution in [2.24, 2.45) is 0 Å². The van der Waals surface area contributed by atoms with Crippen LogP contribution < -0.4 is 0 Å². The maximum Gasteiger partial charge on any atom is 0.410 e. The predicted octanol–water partition coefficient (Wildman–Crippen LogP) is 3.28. The molecule has 1 amide bonds. The van der Waals surface area contributed by atoms with Crippen molar-refractivity contribution in [3.8, 4) is 11.8 Å². The summed E-state index contributed by atoms with van der Waals surface area (Å²) in [6.45, 7) is 9.55. The van der Waals surface area contributed by atoms with Gasteiger partial charge in [0.15, 0.2) is 0 Å². The number of ether oxygens (including phenoxy) is 1. The number of aliphatic hydroxyl groups is 1. The molecule has 0 bridgehead atoms. The molecule has 5 heteroatoms. The number of hydrogen-bond donors (Lipinski definition) is 1. The molecule has 0 aliphatic carbocycles. The van der Waals surface area contributed by atoms with Crippen LogP contribution in [0.5, 0.6) is 0 Å². The van der Waals surface area contributed by atoms with Gasteiger partial charge in [-0.3, -0.25) is 4.98 Å². The van der Waals surface area contributed by atoms with E-state index in [-0.39, 0.29) is 12.1 Å². The van der Waals surface area contributed by atoms with Crippen LogP contribution in [0, 0.1) is 11.8 Å². The first-order chi connectivity index (χ1) is 11.1. The molecule has 1 saturated heterocycles. The molecule has 1 aliphatic heterocycles. The van der Waals surface area contributed by atoms with E-state index in [1.54, 1.807) is 31.1 Å². The van der Waals surface area contributed by atoms with Gasteiger partial charge in [-0.05, 0) is 59.1 Å². The van der Waals surface area contributed by atoms with E-state index in [1.807, 2.05) is 26.8 Å². The number of pyridine rings is 1. The first-order valence-electron chi connectivity index (χ1n) is 8.25. The zero-order valence-corrected chi connectivity index (χ0v) is 15.1. The van der Waals surface area contributed by atoms with E-state index < -0.39 is 11.2 Å². The lowest BCUT2D eigenvalue weighted by Crippen LogP contribution is -2.36. The Morgan fingerprint density at radius 2 is 2.04 bits per heavy atom. The average molecular weight is 330 g/mol. The summed E-state index contributed by atoms with van der Waals surface area (Å²) in [5, 5.41) is 9.72. The number of rotatable bonds is 1. The topological polar surface area (TPSA) is 62.7 Å². The standard InChI is InChI=1S/C19H26N2O3/c1-18(2,3)24-17(22)21-10-6-7-16(21)15-11-14(12-20-13-15)8-9-19(4,5)23/h11-13,16,23H,6-7,10H2,1-5H3/t16-/m1/s1. The summed E-state index contributed by atoms with van der Waals surface area (Å²) in [6.07, 6.45) is 4.95. The molecule has 0 unspecified atom stereocenters. The van der Waals surface area contributed by atoms with Crippen LogP contribution in [-0.2, 0) is 4.74 Å². The van der Waals surface area contributed by atoms with Crippen LogP contribution in [0.25, 0.3) is 0 Å². The SMILES string of the molecule is CC(C)(O)C#Cc1cncc([C@H]2CCCN2C(=O)OC(C)(C)C)c1. The van der Waals surface area contributed by atoms with Crippen LogP contribution in [0.4, 0.5) is 4.79 Å². The van der Waals surface area contributed by atoms with Gasteiger partial charge in [0.05, 0.1) is 6.04 Å². The lowest BCUT2D eigenvalue weighted by molar-refractivity contribution is 0.0224. The number of amides is 1. The van der Waals surface area contributed by atoms with Crippen molar-refractivity contribution in [2.75, 3.05) is 6.54 Å². The molecule has 0 radical (unpaired) electrons. The van der Waals surface area contributed by atoms with Gasteiger partial charge in [-0.1, -0.05) is 11.8 Å². The van der Waals surface area contributed by atoms with Gasteiger partial charge in [0.25, 0.3) is 0 Å². The Bertz CT molecular complexity index is 660. The summed E-state index contributed by atoms with van der Waals surface area (Å²) in [7, 11) is 0. The number of carbonyl (C=O) groups excluding carboxylic acids is 1. The summed E-state index contributed by atoms with van der Waals surface area (Å²) >= 11 is 0. The second-order valence-corrected chi connectivity index (χ2v) is 7.65. The van der Waals surface area contributed by atoms with Crippen molar-refractivity contribution in [2.45, 2.75) is 64.7 Å². The van der Waals surface area contributed by atoms with Gasteiger partial charge >= 0.3 is 6.09 Å². The third-order valence-corrected chi connectivity index (χ3v) is 3.54. The van der Waals surface area contributed by atoms with Crippen molar-refractivity contribution < 1.29 is 14.6 Å². The quantitative estimate of drug-likeness (QED) is 0.803. The molecule has 1 N–H and O–H groups in total. The number of likely N-dealkylation sites (tertiary alicyclic amines) is 1. The van der Waals surface area contributed by atoms with Crippen molar-refractivity contribution in [3.63, 3.8) is 0 Å². The summed E-state index contributed by atoms with van der Waals surface area (Å²) < 4.78 is 5.50. The fourth-order valence-corrected chi connectivity index (χ4v) is 2.59. The van der Waals surface area contributed by atoms with Crippen LogP contribution in [0.3, 0.4) is 0 Å². The highest BCUT2D eigenvalue weighted by Gasteiger charge is 2.33. The van der Waals surface area contributed by atoms with E-state index >= 15 is 0 Å². The van der Waals surface area contributed by atoms with Gasteiger partial charge in [-0.25, -0.2) is 4.79 Å². The van der Waals surface area contributed by atoms with Gasteiger partial charge in [0.1, 0.15) is 11.2 Å². The molecule has 5 nitrogen and oxygen atoms in total. The van der Waals surface area contributed by atoms with Gasteiger partial charge in [0.2, 0.25) is 0 Å². The number of aromatic nitrogens is 1. The van der Waals surface area contributed by atoms with Gasteiger partial charge in [0, 0.05) is 24.5 Å². The smallest absolute Gasteiger partial charge is 0.410 e. The van der Waals surface area contributed by atoms with Crippen molar-refractivity contribution >= 4 is 6.09 Å². The highest BCUT2D eigenvalue weighted by atomic mass is 16.6. The Kier molecular flexibility index (Phi) is 5.19. The molecule has 1 aliphatic rings. The van der Waals surface area contributed by atoms with Crippen LogP contribution >= 0.6 is 0 Å². The van der Waals surface area contributed by atoms with Crippen LogP contribution in [-0.4, -0.2) is 38.8 Å². The maximum atomic E-state index is 12.4. The Balaban J connectivity index is 2.20. The Hall–Kier alpha value is -2.06. The van der Waals surface area contributed by atoms with Gasteiger partial charge in [-0.15, -0.1) is 0 Å². The molecular formula is C19H26N2O3. The zero-order valence-electron chi connectivity index (χ0n) is 15.1. The molecule has 0 saturated carbocycles. The zero-order chi connectivity index (χ0) is 18.0. The fourth-order valence-electron chi connectivity index (χ4n) is 2.59. The van der Waals surface area contributed by atoms with E-state index in [9.17, 15) is 9.90 Å². The molecule has 0 spiro atoms. The molecule has 2 heterocycles. The summed E-state index contributed by atoms with van der Waals surface area (Å²) in [5.41, 5.74) is 0.112. The normalized spacial score (nSPS) is 18.1. The van der Waals surface area contributed by atoms with Crippen LogP contribution in [0.1, 0.15) is 64.6 Å². The average Bonchev–Trinajstić information content (AvgIpc) is 2.92. The first-order valence-corrected chi connectivity index (χ1v) is 8.25. The molecular weight excluding hydrogens is 304 g/mol. The molecule has 1 atom stereocenters. The molecule has 2 rings (SSSR count). The lowest BCUT2D eigenvalue weighted by atomic mass is 10.0. The Morgan fingerprint density at radius 1 is 1.33 bits per heavy atom. The minimum Gasteiger partial charge on any atom is -0.444 e. The third kappa shape index (κ3) is 5.24. The lowest BCUT2D eigenvalue weighted by Gasteiger charge is -2.28. The summed E-state index contributed by atoms with van der Waals surface area (Å²) in [6, 6.07) is 1.88. The monoisotopic (exact) mass is 330 g/mol. The fraction of sp³-hybridized carbons (Fsp3) is 0.579. The molecule has 0 aromatic carbocycles. The predicted molar refractivity (Wildman–Crippen MR) is 92.3 cm³/mol. The minimum absolute atomic E-state index is 0.0452. The van der Waals surface area contributed by atoms with E-state index in [2.05, 4.69) is 16.8 Å². The number of nitrogens with zero attached hydrogens (tertiary/aromatic N) is 2. The van der Waals surface area contributed by atoms with Crippen molar-refractivity contribution in [1.82, 2.24) is 9.88 Å². The van der Waals surface area contributed by atoms with Gasteiger partial charge < -0.3 is 14.7 Å². The first kappa shape index (κ1) is 18.3. The van der Waals surface area contributed by atoms with E-state index in [4.69, 9.17) is 4.74 Å². The van der Waals surface area contributed by atoms with Crippen molar-refractivity contribution in [3.05, 3.63) is 29.6 Å². The third-order valence-electron chi connectivity index (χ3n) is 3.54. The molecule has 1 aromatic rings. The van der Waals surface area contributed by atoms with E-state index in [0.717, 1.165) is 24.0 Å². The minimum atomic E-state index is -1.05. The molecule has 130 valence electrons. The van der Waals surface area contributed by atoms with E-state index in [1.165, 1.54) is 0 Å². The second-order valence-electron chi connectivity index (χ2n) is 7.65. The largest absolute Gasteiger partial charge is 0.444 e. The highest BCUT2D eigenvalue weighted by molar-refractivity contribution is 5.69. The van der Waals surface area contributed by atoms with Crippen LogP contribution in [0.15, 0.2) is 18.5 Å². The molecule has 1 fully saturated rings. The number of carbonyl (C=O) groups is 1. The van der Waals surface area contributed by atoms with Crippen LogP contribution in [0.2, 0.25) is 0 Å².